The van der Waals surface area contributed by atoms with Gasteiger partial charge < -0.3 is 15.5 Å². The number of carbonyl (C=O) groups is 3. The van der Waals surface area contributed by atoms with Crippen molar-refractivity contribution < 1.29 is 24.6 Å². The van der Waals surface area contributed by atoms with Crippen LogP contribution in [0, 0.1) is 5.92 Å². The van der Waals surface area contributed by atoms with E-state index in [4.69, 9.17) is 10.2 Å². The van der Waals surface area contributed by atoms with Crippen LogP contribution in [0.25, 0.3) is 5.57 Å². The first kappa shape index (κ1) is 21.9. The minimum atomic E-state index is -1.06. The van der Waals surface area contributed by atoms with E-state index >= 15 is 0 Å². The van der Waals surface area contributed by atoms with Gasteiger partial charge in [0.2, 0.25) is 5.91 Å². The zero-order valence-corrected chi connectivity index (χ0v) is 15.2. The number of carboxylic acids is 2. The van der Waals surface area contributed by atoms with E-state index in [2.05, 4.69) is 18.5 Å². The SMILES string of the molecule is C=C/C=C(\C=C)c1ccc(C[C@H](CC(=O)O)C(=O)NCCCC(=O)O)cc1. The molecule has 0 aliphatic heterocycles. The average molecular weight is 371 g/mol. The predicted molar refractivity (Wildman–Crippen MR) is 104 cm³/mol. The Morgan fingerprint density at radius 1 is 1.07 bits per heavy atom. The fourth-order valence-corrected chi connectivity index (χ4v) is 2.59. The second-order valence-corrected chi connectivity index (χ2v) is 6.05. The minimum absolute atomic E-state index is 0.0464. The van der Waals surface area contributed by atoms with Crippen molar-refractivity contribution >= 4 is 23.4 Å². The predicted octanol–water partition coefficient (Wildman–Crippen LogP) is 3.06. The van der Waals surface area contributed by atoms with Crippen LogP contribution in [-0.2, 0) is 20.8 Å². The van der Waals surface area contributed by atoms with Crippen LogP contribution in [0.2, 0.25) is 0 Å². The van der Waals surface area contributed by atoms with Gasteiger partial charge in [0.15, 0.2) is 0 Å². The van der Waals surface area contributed by atoms with Crippen LogP contribution in [0.1, 0.15) is 30.4 Å². The average Bonchev–Trinajstić information content (AvgIpc) is 2.62. The maximum absolute atomic E-state index is 12.3. The number of aliphatic carboxylic acids is 2. The number of benzene rings is 1. The molecule has 6 nitrogen and oxygen atoms in total. The highest BCUT2D eigenvalue weighted by Crippen LogP contribution is 2.19. The molecular weight excluding hydrogens is 346 g/mol. The molecule has 0 saturated heterocycles. The fourth-order valence-electron chi connectivity index (χ4n) is 2.59. The quantitative estimate of drug-likeness (QED) is 0.387. The molecule has 0 radical (unpaired) electrons. The first-order valence-corrected chi connectivity index (χ1v) is 8.63. The van der Waals surface area contributed by atoms with Crippen LogP contribution < -0.4 is 5.32 Å². The summed E-state index contributed by atoms with van der Waals surface area (Å²) in [6.07, 6.45) is 5.47. The van der Waals surface area contributed by atoms with Crippen LogP contribution in [0.15, 0.2) is 55.7 Å². The van der Waals surface area contributed by atoms with E-state index < -0.39 is 17.9 Å². The third-order valence-corrected chi connectivity index (χ3v) is 3.95. The van der Waals surface area contributed by atoms with Crippen LogP contribution in [0.4, 0.5) is 0 Å². The van der Waals surface area contributed by atoms with Gasteiger partial charge in [-0.1, -0.05) is 55.7 Å². The largest absolute Gasteiger partial charge is 0.481 e. The lowest BCUT2D eigenvalue weighted by Gasteiger charge is -2.15. The smallest absolute Gasteiger partial charge is 0.304 e. The Kier molecular flexibility index (Phi) is 9.29. The Bertz CT molecular complexity index is 719. The molecule has 1 rings (SSSR count). The van der Waals surface area contributed by atoms with Gasteiger partial charge in [-0.05, 0) is 29.5 Å². The Labute approximate surface area is 158 Å². The molecule has 0 bridgehead atoms. The number of allylic oxidation sites excluding steroid dienone is 4. The van der Waals surface area contributed by atoms with Crippen molar-refractivity contribution in [3.63, 3.8) is 0 Å². The molecule has 144 valence electrons. The molecule has 0 heterocycles. The second-order valence-electron chi connectivity index (χ2n) is 6.05. The first-order chi connectivity index (χ1) is 12.9. The summed E-state index contributed by atoms with van der Waals surface area (Å²) in [5.41, 5.74) is 2.70. The summed E-state index contributed by atoms with van der Waals surface area (Å²) in [5, 5.41) is 20.3. The summed E-state index contributed by atoms with van der Waals surface area (Å²) in [4.78, 5) is 33.9. The lowest BCUT2D eigenvalue weighted by atomic mass is 9.93. The van der Waals surface area contributed by atoms with Crippen LogP contribution >= 0.6 is 0 Å². The highest BCUT2D eigenvalue weighted by atomic mass is 16.4. The number of amides is 1. The van der Waals surface area contributed by atoms with Crippen molar-refractivity contribution in [1.82, 2.24) is 5.32 Å². The van der Waals surface area contributed by atoms with Gasteiger partial charge in [-0.3, -0.25) is 14.4 Å². The van der Waals surface area contributed by atoms with E-state index in [1.807, 2.05) is 30.3 Å². The third-order valence-electron chi connectivity index (χ3n) is 3.95. The molecule has 3 N–H and O–H groups in total. The number of hydrogen-bond acceptors (Lipinski definition) is 3. The Morgan fingerprint density at radius 3 is 2.26 bits per heavy atom. The molecule has 0 fully saturated rings. The second kappa shape index (κ2) is 11.5. The Hall–Kier alpha value is -3.15. The van der Waals surface area contributed by atoms with Crippen molar-refractivity contribution in [2.75, 3.05) is 6.54 Å². The molecule has 0 aliphatic carbocycles. The molecular formula is C21H25NO5. The Morgan fingerprint density at radius 2 is 1.74 bits per heavy atom. The van der Waals surface area contributed by atoms with Crippen molar-refractivity contribution in [1.29, 1.82) is 0 Å². The van der Waals surface area contributed by atoms with E-state index in [1.54, 1.807) is 12.2 Å². The molecule has 27 heavy (non-hydrogen) atoms. The zero-order chi connectivity index (χ0) is 20.2. The van der Waals surface area contributed by atoms with Gasteiger partial charge in [-0.2, -0.15) is 0 Å². The van der Waals surface area contributed by atoms with Gasteiger partial charge in [0.25, 0.3) is 0 Å². The summed E-state index contributed by atoms with van der Waals surface area (Å²) in [6, 6.07) is 7.47. The van der Waals surface area contributed by atoms with Gasteiger partial charge in [0.1, 0.15) is 0 Å². The van der Waals surface area contributed by atoms with Gasteiger partial charge in [0.05, 0.1) is 12.3 Å². The normalized spacial score (nSPS) is 12.1. The maximum Gasteiger partial charge on any atom is 0.304 e. The molecule has 1 amide bonds. The third kappa shape index (κ3) is 8.18. The van der Waals surface area contributed by atoms with Crippen molar-refractivity contribution in [3.05, 3.63) is 66.8 Å². The topological polar surface area (TPSA) is 104 Å². The van der Waals surface area contributed by atoms with Crippen LogP contribution in [-0.4, -0.2) is 34.6 Å². The van der Waals surface area contributed by atoms with E-state index in [0.717, 1.165) is 16.7 Å². The van der Waals surface area contributed by atoms with E-state index in [0.29, 0.717) is 6.42 Å². The number of carboxylic acid groups (broad SMARTS) is 2. The number of carbonyl (C=O) groups excluding carboxylic acids is 1. The minimum Gasteiger partial charge on any atom is -0.481 e. The van der Waals surface area contributed by atoms with Gasteiger partial charge in [0, 0.05) is 13.0 Å². The highest BCUT2D eigenvalue weighted by molar-refractivity contribution is 5.83. The number of rotatable bonds is 12. The molecule has 0 unspecified atom stereocenters. The molecule has 6 heteroatoms. The first-order valence-electron chi connectivity index (χ1n) is 8.63. The summed E-state index contributed by atoms with van der Waals surface area (Å²) in [5.74, 6) is -3.10. The van der Waals surface area contributed by atoms with Crippen LogP contribution in [0.5, 0.6) is 0 Å². The lowest BCUT2D eigenvalue weighted by Crippen LogP contribution is -2.34. The van der Waals surface area contributed by atoms with Crippen LogP contribution in [0.3, 0.4) is 0 Å². The van der Waals surface area contributed by atoms with E-state index in [1.165, 1.54) is 0 Å². The maximum atomic E-state index is 12.3. The lowest BCUT2D eigenvalue weighted by molar-refractivity contribution is -0.141. The summed E-state index contributed by atoms with van der Waals surface area (Å²) >= 11 is 0. The van der Waals surface area contributed by atoms with E-state index in [-0.39, 0.29) is 31.7 Å². The summed E-state index contributed by atoms with van der Waals surface area (Å²) in [6.45, 7) is 7.62. The fraction of sp³-hybridized carbons (Fsp3) is 0.286. The van der Waals surface area contributed by atoms with Crippen molar-refractivity contribution in [2.45, 2.75) is 25.7 Å². The summed E-state index contributed by atoms with van der Waals surface area (Å²) in [7, 11) is 0. The van der Waals surface area contributed by atoms with Gasteiger partial charge >= 0.3 is 11.9 Å². The molecule has 0 aromatic heterocycles. The molecule has 1 aromatic rings. The van der Waals surface area contributed by atoms with Crippen molar-refractivity contribution in [2.24, 2.45) is 5.92 Å². The Balaban J connectivity index is 2.78. The standard InChI is InChI=1S/C21H25NO5/c1-3-6-16(4-2)17-10-8-15(9-11-17)13-18(14-20(25)26)21(27)22-12-5-7-19(23)24/h3-4,6,8-11,18H,1-2,5,7,12-14H2,(H,22,27)(H,23,24)(H,25,26)/b16-6+/t18-/m1/s1. The van der Waals surface area contributed by atoms with E-state index in [9.17, 15) is 14.4 Å². The molecule has 0 saturated carbocycles. The van der Waals surface area contributed by atoms with Crippen molar-refractivity contribution in [3.8, 4) is 0 Å². The molecule has 0 spiro atoms. The highest BCUT2D eigenvalue weighted by Gasteiger charge is 2.22. The van der Waals surface area contributed by atoms with Gasteiger partial charge in [-0.25, -0.2) is 0 Å². The molecule has 0 aliphatic rings. The summed E-state index contributed by atoms with van der Waals surface area (Å²) < 4.78 is 0. The molecule has 1 atom stereocenters. The number of hydrogen-bond donors (Lipinski definition) is 3. The van der Waals surface area contributed by atoms with Gasteiger partial charge in [-0.15, -0.1) is 0 Å². The molecule has 1 aromatic carbocycles. The number of nitrogens with one attached hydrogen (secondary N) is 1. The monoisotopic (exact) mass is 371 g/mol. The zero-order valence-electron chi connectivity index (χ0n) is 15.2.